The van der Waals surface area contributed by atoms with E-state index >= 15 is 0 Å². The van der Waals surface area contributed by atoms with Crippen LogP contribution in [0, 0.1) is 0 Å². The molecule has 0 bridgehead atoms. The Balaban J connectivity index is 3.76. The van der Waals surface area contributed by atoms with Gasteiger partial charge in [0.1, 0.15) is 0 Å². The van der Waals surface area contributed by atoms with E-state index in [1.54, 1.807) is 0 Å². The van der Waals surface area contributed by atoms with Gasteiger partial charge in [0, 0.05) is 31.6 Å². The lowest BCUT2D eigenvalue weighted by Gasteiger charge is -2.19. The quantitative estimate of drug-likeness (QED) is 0.0554. The minimum absolute atomic E-state index is 0.0196. The highest BCUT2D eigenvalue weighted by Crippen LogP contribution is 2.33. The minimum Gasteiger partial charge on any atom is -0.379 e. The fourth-order valence-electron chi connectivity index (χ4n) is 3.85. The molecule has 6 N–H and O–H groups in total. The summed E-state index contributed by atoms with van der Waals surface area (Å²) in [5.74, 6) is 0.659. The summed E-state index contributed by atoms with van der Waals surface area (Å²) < 4.78 is 32.3. The van der Waals surface area contributed by atoms with E-state index in [0.717, 1.165) is 6.42 Å². The van der Waals surface area contributed by atoms with Crippen LogP contribution in [0.1, 0.15) is 78.1 Å². The topological polar surface area (TPSA) is 179 Å². The number of nitrogens with two attached hydrogens (primary N) is 1. The highest BCUT2D eigenvalue weighted by atomic mass is 32.2. The average molecular weight is 644 g/mol. The van der Waals surface area contributed by atoms with Crippen molar-refractivity contribution in [2.75, 3.05) is 77.1 Å². The van der Waals surface area contributed by atoms with Gasteiger partial charge in [-0.15, -0.1) is 0 Å². The van der Waals surface area contributed by atoms with Gasteiger partial charge in [-0.05, 0) is 6.42 Å². The first-order chi connectivity index (χ1) is 20.2. The molecule has 0 aromatic rings. The van der Waals surface area contributed by atoms with Crippen LogP contribution in [-0.2, 0) is 33.1 Å². The lowest BCUT2D eigenvalue weighted by atomic mass is 10.1. The molecule has 0 saturated carbocycles. The number of hydrogen-bond acceptors (Lipinski definition) is 9. The number of ether oxygens (including phenoxy) is 4. The fraction of sp³-hybridized carbons (Fsp3) is 0.929. The zero-order valence-electron chi connectivity index (χ0n) is 25.9. The molecule has 0 fully saturated rings. The van der Waals surface area contributed by atoms with Crippen molar-refractivity contribution in [3.63, 3.8) is 0 Å². The maximum atomic E-state index is 12.2. The van der Waals surface area contributed by atoms with Crippen molar-refractivity contribution in [3.8, 4) is 0 Å². The van der Waals surface area contributed by atoms with Gasteiger partial charge in [0.05, 0.1) is 64.5 Å². The van der Waals surface area contributed by atoms with E-state index < -0.39 is 13.6 Å². The van der Waals surface area contributed by atoms with E-state index in [2.05, 4.69) is 17.6 Å². The van der Waals surface area contributed by atoms with Crippen molar-refractivity contribution < 1.29 is 42.9 Å². The Bertz CT molecular complexity index is 704. The largest absolute Gasteiger partial charge is 0.379 e. The van der Waals surface area contributed by atoms with Crippen LogP contribution in [0.4, 0.5) is 0 Å². The van der Waals surface area contributed by atoms with Crippen LogP contribution in [0.2, 0.25) is 0 Å². The molecule has 0 spiro atoms. The molecule has 42 heavy (non-hydrogen) atoms. The third kappa shape index (κ3) is 30.7. The lowest BCUT2D eigenvalue weighted by molar-refractivity contribution is -0.122. The Hall–Kier alpha value is -0.760. The van der Waals surface area contributed by atoms with Crippen LogP contribution in [0.25, 0.3) is 0 Å². The normalized spacial score (nSPS) is 13.2. The molecule has 0 rings (SSSR count). The number of unbranched alkanes of at least 4 members (excludes halogenated alkanes) is 9. The molecule has 0 heterocycles. The van der Waals surface area contributed by atoms with Crippen LogP contribution in [0.15, 0.2) is 0 Å². The predicted molar refractivity (Wildman–Crippen MR) is 168 cm³/mol. The van der Waals surface area contributed by atoms with Gasteiger partial charge in [0.15, 0.2) is 0 Å². The number of amides is 2. The number of nitrogens with one attached hydrogen (secondary N) is 2. The maximum absolute atomic E-state index is 12.2. The minimum atomic E-state index is -4.03. The SMILES string of the molecule is CCCCCCCCCCCCOC[C@H](CSC[C@H](N)C(=O)NCCOCCOCCOCCP(=O)(O)O)NC(C)=O. The van der Waals surface area contributed by atoms with E-state index in [-0.39, 0.29) is 37.2 Å². The molecule has 12 nitrogen and oxygen atoms in total. The molecule has 0 aromatic heterocycles. The predicted octanol–water partition coefficient (Wildman–Crippen LogP) is 2.83. The Morgan fingerprint density at radius 3 is 1.90 bits per heavy atom. The molecule has 0 aliphatic rings. The first kappa shape index (κ1) is 41.2. The van der Waals surface area contributed by atoms with Gasteiger partial charge in [-0.2, -0.15) is 11.8 Å². The van der Waals surface area contributed by atoms with Gasteiger partial charge in [-0.1, -0.05) is 64.7 Å². The Morgan fingerprint density at radius 2 is 1.33 bits per heavy atom. The Kier molecular flexibility index (Phi) is 28.5. The van der Waals surface area contributed by atoms with Crippen molar-refractivity contribution in [1.29, 1.82) is 0 Å². The highest BCUT2D eigenvalue weighted by Gasteiger charge is 2.16. The summed E-state index contributed by atoms with van der Waals surface area (Å²) >= 11 is 1.51. The van der Waals surface area contributed by atoms with E-state index in [9.17, 15) is 14.2 Å². The van der Waals surface area contributed by atoms with E-state index in [4.69, 9.17) is 34.5 Å². The van der Waals surface area contributed by atoms with Crippen molar-refractivity contribution in [2.24, 2.45) is 5.73 Å². The summed E-state index contributed by atoms with van der Waals surface area (Å²) in [7, 11) is -4.03. The van der Waals surface area contributed by atoms with Gasteiger partial charge < -0.3 is 45.1 Å². The summed E-state index contributed by atoms with van der Waals surface area (Å²) in [6.45, 7) is 6.68. The highest BCUT2D eigenvalue weighted by molar-refractivity contribution is 7.99. The molecule has 250 valence electrons. The van der Waals surface area contributed by atoms with Gasteiger partial charge >= 0.3 is 7.60 Å². The molecule has 0 aromatic carbocycles. The molecule has 14 heteroatoms. The van der Waals surface area contributed by atoms with Crippen LogP contribution in [0.5, 0.6) is 0 Å². The third-order valence-electron chi connectivity index (χ3n) is 6.14. The molecular formula is C28H58N3O9PS. The Labute approximate surface area is 257 Å². The number of carbonyl (C=O) groups excluding carboxylic acids is 2. The Morgan fingerprint density at radius 1 is 0.786 bits per heavy atom. The van der Waals surface area contributed by atoms with Crippen LogP contribution in [0.3, 0.4) is 0 Å². The van der Waals surface area contributed by atoms with Crippen LogP contribution < -0.4 is 16.4 Å². The van der Waals surface area contributed by atoms with E-state index in [1.165, 1.54) is 76.5 Å². The summed E-state index contributed by atoms with van der Waals surface area (Å²) in [4.78, 5) is 41.2. The van der Waals surface area contributed by atoms with Gasteiger partial charge in [-0.3, -0.25) is 14.2 Å². The molecule has 0 unspecified atom stereocenters. The molecule has 0 aliphatic heterocycles. The smallest absolute Gasteiger partial charge is 0.327 e. The lowest BCUT2D eigenvalue weighted by Crippen LogP contribution is -2.44. The van der Waals surface area contributed by atoms with Crippen molar-refractivity contribution in [3.05, 3.63) is 0 Å². The van der Waals surface area contributed by atoms with E-state index in [1.807, 2.05) is 0 Å². The van der Waals surface area contributed by atoms with Crippen LogP contribution >= 0.6 is 19.4 Å². The average Bonchev–Trinajstić information content (AvgIpc) is 2.92. The molecule has 0 aliphatic carbocycles. The van der Waals surface area contributed by atoms with Crippen molar-refractivity contribution in [1.82, 2.24) is 10.6 Å². The standard InChI is InChI=1S/C28H58N3O9PS/c1-3-4-5-6-7-8-9-10-11-12-14-40-22-26(31-25(2)32)23-42-24-27(29)28(33)30-13-15-37-16-17-38-18-19-39-20-21-41(34,35)36/h26-27H,3-24,29H2,1-2H3,(H,30,33)(H,31,32)(H2,34,35,36)/t26-,27+/m1/s1. The molecule has 2 amide bonds. The molecule has 0 radical (unpaired) electrons. The summed E-state index contributed by atoms with van der Waals surface area (Å²) in [6, 6.07) is -0.803. The third-order valence-corrected chi connectivity index (χ3v) is 8.14. The molecule has 0 saturated heterocycles. The zero-order chi connectivity index (χ0) is 31.3. The van der Waals surface area contributed by atoms with Gasteiger partial charge in [-0.25, -0.2) is 0 Å². The summed E-state index contributed by atoms with van der Waals surface area (Å²) in [5, 5.41) is 5.66. The number of hydrogen-bond donors (Lipinski definition) is 5. The number of rotatable bonds is 31. The number of thioether (sulfide) groups is 1. The summed E-state index contributed by atoms with van der Waals surface area (Å²) in [5.41, 5.74) is 6.01. The first-order valence-electron chi connectivity index (χ1n) is 15.4. The zero-order valence-corrected chi connectivity index (χ0v) is 27.6. The van der Waals surface area contributed by atoms with E-state index in [0.29, 0.717) is 57.7 Å². The second-order valence-electron chi connectivity index (χ2n) is 10.3. The summed E-state index contributed by atoms with van der Waals surface area (Å²) in [6.07, 6.45) is 12.4. The van der Waals surface area contributed by atoms with Gasteiger partial charge in [0.2, 0.25) is 11.8 Å². The maximum Gasteiger partial charge on any atom is 0.327 e. The molecular weight excluding hydrogens is 585 g/mol. The van der Waals surface area contributed by atoms with Crippen molar-refractivity contribution >= 4 is 31.2 Å². The number of carbonyl (C=O) groups is 2. The van der Waals surface area contributed by atoms with Gasteiger partial charge in [0.25, 0.3) is 0 Å². The first-order valence-corrected chi connectivity index (χ1v) is 18.3. The monoisotopic (exact) mass is 643 g/mol. The van der Waals surface area contributed by atoms with Crippen LogP contribution in [-0.4, -0.2) is 111 Å². The second kappa shape index (κ2) is 29.0. The second-order valence-corrected chi connectivity index (χ2v) is 13.2. The van der Waals surface area contributed by atoms with Crippen molar-refractivity contribution in [2.45, 2.75) is 90.1 Å². The molecule has 2 atom stereocenters. The fourth-order valence-corrected chi connectivity index (χ4v) is 5.22.